The molecule has 0 radical (unpaired) electrons. The molecule has 3 rings (SSSR count). The summed E-state index contributed by atoms with van der Waals surface area (Å²) in [6, 6.07) is 9.17. The van der Waals surface area contributed by atoms with Crippen LogP contribution in [0.3, 0.4) is 0 Å². The molecule has 0 aliphatic heterocycles. The van der Waals surface area contributed by atoms with E-state index < -0.39 is 0 Å². The second kappa shape index (κ2) is 10.2. The first-order chi connectivity index (χ1) is 15.1. The van der Waals surface area contributed by atoms with Crippen LogP contribution in [0, 0.1) is 0 Å². The molecule has 2 N–H and O–H groups in total. The Hall–Kier alpha value is -2.77. The Kier molecular flexibility index (Phi) is 7.64. The zero-order chi connectivity index (χ0) is 23.3. The van der Waals surface area contributed by atoms with E-state index in [0.29, 0.717) is 22.3 Å². The number of urea groups is 1. The molecule has 0 aliphatic carbocycles. The molecule has 0 bridgehead atoms. The van der Waals surface area contributed by atoms with Gasteiger partial charge in [-0.05, 0) is 60.6 Å². The maximum Gasteiger partial charge on any atom is 0.325 e. The summed E-state index contributed by atoms with van der Waals surface area (Å²) in [6.07, 6.45) is 5.43. The van der Waals surface area contributed by atoms with Crippen molar-refractivity contribution >= 4 is 45.6 Å². The molecule has 0 spiro atoms. The minimum atomic E-state index is -0.387. The van der Waals surface area contributed by atoms with E-state index in [0.717, 1.165) is 34.5 Å². The molecule has 0 atom stereocenters. The van der Waals surface area contributed by atoms with Crippen molar-refractivity contribution < 1.29 is 9.59 Å². The number of thiazole rings is 1. The van der Waals surface area contributed by atoms with Crippen LogP contribution in [0.1, 0.15) is 49.4 Å². The third kappa shape index (κ3) is 6.87. The average molecular weight is 471 g/mol. The highest BCUT2D eigenvalue weighted by atomic mass is 35.5. The standard InChI is InChI=1S/C24H27ClN4O2S/c1-15(30)11-18-12-16(9-10-26-18)5-7-19-14-27-23(32-19)29-22(31)28-21-13-17(24(2,3)4)6-8-20(21)25/h6,8-10,12-14H,5,7,11H2,1-4H3,(H2,27,28,29,31). The number of carbonyl (C=O) groups is 2. The van der Waals surface area contributed by atoms with Gasteiger partial charge < -0.3 is 5.32 Å². The Morgan fingerprint density at radius 1 is 1.06 bits per heavy atom. The van der Waals surface area contributed by atoms with Crippen LogP contribution in [-0.4, -0.2) is 21.8 Å². The molecule has 0 fully saturated rings. The van der Waals surface area contributed by atoms with Crippen LogP contribution in [-0.2, 0) is 29.5 Å². The lowest BCUT2D eigenvalue weighted by molar-refractivity contribution is -0.116. The smallest absolute Gasteiger partial charge is 0.306 e. The first-order valence-corrected chi connectivity index (χ1v) is 11.6. The van der Waals surface area contributed by atoms with Crippen LogP contribution in [0.2, 0.25) is 5.02 Å². The van der Waals surface area contributed by atoms with Crippen LogP contribution in [0.25, 0.3) is 0 Å². The fraction of sp³-hybridized carbons (Fsp3) is 0.333. The number of aromatic nitrogens is 2. The largest absolute Gasteiger partial charge is 0.325 e. The molecule has 0 aliphatic rings. The van der Waals surface area contributed by atoms with E-state index in [1.807, 2.05) is 24.3 Å². The number of nitrogens with one attached hydrogen (secondary N) is 2. The van der Waals surface area contributed by atoms with E-state index in [9.17, 15) is 9.59 Å². The van der Waals surface area contributed by atoms with Crippen molar-refractivity contribution in [3.63, 3.8) is 0 Å². The van der Waals surface area contributed by atoms with Gasteiger partial charge in [0.25, 0.3) is 0 Å². The first kappa shape index (κ1) is 23.9. The summed E-state index contributed by atoms with van der Waals surface area (Å²) in [5.74, 6) is 0.0949. The van der Waals surface area contributed by atoms with E-state index in [1.54, 1.807) is 25.4 Å². The molecule has 2 heterocycles. The van der Waals surface area contributed by atoms with Gasteiger partial charge in [-0.2, -0.15) is 0 Å². The van der Waals surface area contributed by atoms with Gasteiger partial charge in [-0.15, -0.1) is 11.3 Å². The summed E-state index contributed by atoms with van der Waals surface area (Å²) in [6.45, 7) is 7.87. The van der Waals surface area contributed by atoms with Crippen LogP contribution in [0.5, 0.6) is 0 Å². The fourth-order valence-electron chi connectivity index (χ4n) is 3.12. The summed E-state index contributed by atoms with van der Waals surface area (Å²) in [5.41, 5.74) is 3.49. The third-order valence-corrected chi connectivity index (χ3v) is 6.13. The maximum absolute atomic E-state index is 12.5. The molecule has 0 saturated heterocycles. The third-order valence-electron chi connectivity index (χ3n) is 4.83. The van der Waals surface area contributed by atoms with E-state index in [4.69, 9.17) is 11.6 Å². The highest BCUT2D eigenvalue weighted by Gasteiger charge is 2.16. The number of hydrogen-bond acceptors (Lipinski definition) is 5. The van der Waals surface area contributed by atoms with Gasteiger partial charge in [-0.1, -0.05) is 38.4 Å². The van der Waals surface area contributed by atoms with Crippen LogP contribution in [0.15, 0.2) is 42.7 Å². The minimum Gasteiger partial charge on any atom is -0.306 e. The fourth-order valence-corrected chi connectivity index (χ4v) is 4.09. The molecule has 32 heavy (non-hydrogen) atoms. The number of Topliss-reactive ketones (excluding diaryl/α,β-unsaturated/α-hetero) is 1. The molecule has 2 aromatic heterocycles. The molecule has 168 valence electrons. The number of pyridine rings is 1. The lowest BCUT2D eigenvalue weighted by Gasteiger charge is -2.20. The van der Waals surface area contributed by atoms with Gasteiger partial charge in [0, 0.05) is 29.4 Å². The zero-order valence-corrected chi connectivity index (χ0v) is 20.2. The van der Waals surface area contributed by atoms with Crippen molar-refractivity contribution in [3.05, 3.63) is 69.4 Å². The zero-order valence-electron chi connectivity index (χ0n) is 18.7. The Morgan fingerprint density at radius 3 is 2.56 bits per heavy atom. The number of anilines is 2. The number of rotatable bonds is 7. The summed E-state index contributed by atoms with van der Waals surface area (Å²) in [7, 11) is 0. The van der Waals surface area contributed by atoms with Crippen molar-refractivity contribution in [2.45, 2.75) is 52.4 Å². The molecule has 6 nitrogen and oxygen atoms in total. The highest BCUT2D eigenvalue weighted by Crippen LogP contribution is 2.30. The Labute approximate surface area is 197 Å². The quantitative estimate of drug-likeness (QED) is 0.440. The summed E-state index contributed by atoms with van der Waals surface area (Å²) < 4.78 is 0. The minimum absolute atomic E-state index is 0.0522. The Bertz CT molecular complexity index is 1120. The number of benzene rings is 1. The highest BCUT2D eigenvalue weighted by molar-refractivity contribution is 7.15. The van der Waals surface area contributed by atoms with E-state index in [1.165, 1.54) is 11.3 Å². The summed E-state index contributed by atoms with van der Waals surface area (Å²) in [5, 5.41) is 6.59. The molecular formula is C24H27ClN4O2S. The predicted octanol–water partition coefficient (Wildman–Crippen LogP) is 6.05. The normalized spacial score (nSPS) is 11.3. The second-order valence-corrected chi connectivity index (χ2v) is 10.2. The van der Waals surface area contributed by atoms with Gasteiger partial charge in [-0.3, -0.25) is 15.1 Å². The average Bonchev–Trinajstić information content (AvgIpc) is 3.14. The van der Waals surface area contributed by atoms with Gasteiger partial charge >= 0.3 is 6.03 Å². The number of halogens is 1. The number of hydrogen-bond donors (Lipinski definition) is 2. The number of ketones is 1. The summed E-state index contributed by atoms with van der Waals surface area (Å²) >= 11 is 7.69. The molecule has 1 aromatic carbocycles. The molecule has 2 amide bonds. The number of amides is 2. The van der Waals surface area contributed by atoms with Crippen molar-refractivity contribution in [2.24, 2.45) is 0 Å². The lowest BCUT2D eigenvalue weighted by Crippen LogP contribution is -2.20. The molecule has 0 saturated carbocycles. The number of carbonyl (C=O) groups excluding carboxylic acids is 2. The van der Waals surface area contributed by atoms with Crippen LogP contribution < -0.4 is 10.6 Å². The second-order valence-electron chi connectivity index (χ2n) is 8.69. The SMILES string of the molecule is CC(=O)Cc1cc(CCc2cnc(NC(=O)Nc3cc(C(C)(C)C)ccc3Cl)s2)ccn1. The lowest BCUT2D eigenvalue weighted by atomic mass is 9.87. The van der Waals surface area contributed by atoms with Crippen LogP contribution in [0.4, 0.5) is 15.6 Å². The van der Waals surface area contributed by atoms with Gasteiger partial charge in [-0.25, -0.2) is 9.78 Å². The first-order valence-electron chi connectivity index (χ1n) is 10.4. The van der Waals surface area contributed by atoms with Gasteiger partial charge in [0.15, 0.2) is 5.13 Å². The predicted molar refractivity (Wildman–Crippen MR) is 131 cm³/mol. The molecule has 8 heteroatoms. The van der Waals surface area contributed by atoms with Gasteiger partial charge in [0.2, 0.25) is 0 Å². The van der Waals surface area contributed by atoms with Crippen molar-refractivity contribution in [1.29, 1.82) is 0 Å². The molecule has 0 unspecified atom stereocenters. The maximum atomic E-state index is 12.5. The van der Waals surface area contributed by atoms with E-state index in [-0.39, 0.29) is 17.2 Å². The Balaban J connectivity index is 1.57. The number of aryl methyl sites for hydroxylation is 2. The topological polar surface area (TPSA) is 84.0 Å². The number of nitrogens with zero attached hydrogens (tertiary/aromatic N) is 2. The van der Waals surface area contributed by atoms with Crippen LogP contribution >= 0.6 is 22.9 Å². The summed E-state index contributed by atoms with van der Waals surface area (Å²) in [4.78, 5) is 33.3. The van der Waals surface area contributed by atoms with Gasteiger partial charge in [0.05, 0.1) is 10.7 Å². The van der Waals surface area contributed by atoms with Gasteiger partial charge in [0.1, 0.15) is 5.78 Å². The molecule has 3 aromatic rings. The van der Waals surface area contributed by atoms with E-state index >= 15 is 0 Å². The molecular weight excluding hydrogens is 444 g/mol. The van der Waals surface area contributed by atoms with Crippen molar-refractivity contribution in [2.75, 3.05) is 10.6 Å². The van der Waals surface area contributed by atoms with Crippen molar-refractivity contribution in [3.8, 4) is 0 Å². The Morgan fingerprint density at radius 2 is 1.84 bits per heavy atom. The van der Waals surface area contributed by atoms with Crippen molar-refractivity contribution in [1.82, 2.24) is 9.97 Å². The van der Waals surface area contributed by atoms with E-state index in [2.05, 4.69) is 41.4 Å². The monoisotopic (exact) mass is 470 g/mol.